The Hall–Kier alpha value is -0.540. The summed E-state index contributed by atoms with van der Waals surface area (Å²) < 4.78 is 7.27. The summed E-state index contributed by atoms with van der Waals surface area (Å²) in [4.78, 5) is 0. The standard InChI is InChI=1S/C15H20BrNO/c16-11-7-8-15(18-12-4-3-5-12)13(10-11)14-6-1-2-9-17-14/h7-8,10,12,14,17H,1-6,9H2. The maximum Gasteiger partial charge on any atom is 0.124 e. The van der Waals surface area contributed by atoms with Gasteiger partial charge in [0.25, 0.3) is 0 Å². The first-order chi connectivity index (χ1) is 8.83. The number of ether oxygens (including phenoxy) is 1. The minimum absolute atomic E-state index is 0.452. The van der Waals surface area contributed by atoms with E-state index in [1.54, 1.807) is 0 Å². The van der Waals surface area contributed by atoms with Crippen LogP contribution in [-0.2, 0) is 0 Å². The SMILES string of the molecule is Brc1ccc(OC2CCC2)c(C2CCCCN2)c1. The maximum absolute atomic E-state index is 6.13. The van der Waals surface area contributed by atoms with E-state index >= 15 is 0 Å². The van der Waals surface area contributed by atoms with Crippen molar-refractivity contribution >= 4 is 15.9 Å². The molecule has 1 aromatic carbocycles. The molecule has 0 radical (unpaired) electrons. The van der Waals surface area contributed by atoms with Gasteiger partial charge in [-0.25, -0.2) is 0 Å². The Labute approximate surface area is 117 Å². The van der Waals surface area contributed by atoms with Crippen LogP contribution in [0.2, 0.25) is 0 Å². The average Bonchev–Trinajstić information content (AvgIpc) is 2.36. The molecule has 3 heteroatoms. The smallest absolute Gasteiger partial charge is 0.124 e. The summed E-state index contributed by atoms with van der Waals surface area (Å²) in [5, 5.41) is 3.61. The van der Waals surface area contributed by atoms with E-state index in [9.17, 15) is 0 Å². The molecule has 1 aromatic rings. The third-order valence-electron chi connectivity index (χ3n) is 4.00. The fraction of sp³-hybridized carbons (Fsp3) is 0.600. The van der Waals surface area contributed by atoms with Crippen molar-refractivity contribution in [3.05, 3.63) is 28.2 Å². The molecule has 2 aliphatic rings. The van der Waals surface area contributed by atoms with Crippen LogP contribution in [0.1, 0.15) is 50.1 Å². The molecule has 2 fully saturated rings. The van der Waals surface area contributed by atoms with Gasteiger partial charge in [-0.1, -0.05) is 22.4 Å². The highest BCUT2D eigenvalue weighted by molar-refractivity contribution is 9.10. The van der Waals surface area contributed by atoms with Crippen LogP contribution in [0.15, 0.2) is 22.7 Å². The Morgan fingerprint density at radius 1 is 1.11 bits per heavy atom. The summed E-state index contributed by atoms with van der Waals surface area (Å²) in [7, 11) is 0. The van der Waals surface area contributed by atoms with Gasteiger partial charge in [0, 0.05) is 16.1 Å². The summed E-state index contributed by atoms with van der Waals surface area (Å²) in [6.07, 6.45) is 8.03. The van der Waals surface area contributed by atoms with Crippen LogP contribution in [-0.4, -0.2) is 12.6 Å². The lowest BCUT2D eigenvalue weighted by atomic mass is 9.94. The second kappa shape index (κ2) is 5.62. The van der Waals surface area contributed by atoms with Crippen molar-refractivity contribution in [2.45, 2.75) is 50.7 Å². The van der Waals surface area contributed by atoms with Crippen LogP contribution in [0.25, 0.3) is 0 Å². The minimum atomic E-state index is 0.452. The second-order valence-corrected chi connectivity index (χ2v) is 6.27. The first-order valence-electron chi connectivity index (χ1n) is 7.02. The number of hydrogen-bond donors (Lipinski definition) is 1. The van der Waals surface area contributed by atoms with E-state index in [-0.39, 0.29) is 0 Å². The fourth-order valence-corrected chi connectivity index (χ4v) is 3.06. The van der Waals surface area contributed by atoms with Gasteiger partial charge in [-0.3, -0.25) is 0 Å². The van der Waals surface area contributed by atoms with Crippen LogP contribution in [0, 0.1) is 0 Å². The van der Waals surface area contributed by atoms with Crippen LogP contribution >= 0.6 is 15.9 Å². The van der Waals surface area contributed by atoms with Crippen LogP contribution in [0.5, 0.6) is 5.75 Å². The Bertz CT molecular complexity index is 411. The van der Waals surface area contributed by atoms with Gasteiger partial charge < -0.3 is 10.1 Å². The van der Waals surface area contributed by atoms with Crippen LogP contribution < -0.4 is 10.1 Å². The van der Waals surface area contributed by atoms with Crippen molar-refractivity contribution < 1.29 is 4.74 Å². The Morgan fingerprint density at radius 2 is 2.00 bits per heavy atom. The Balaban J connectivity index is 1.81. The third kappa shape index (κ3) is 2.72. The van der Waals surface area contributed by atoms with Crippen LogP contribution in [0.4, 0.5) is 0 Å². The monoisotopic (exact) mass is 309 g/mol. The van der Waals surface area contributed by atoms with Gasteiger partial charge in [-0.15, -0.1) is 0 Å². The van der Waals surface area contributed by atoms with Crippen molar-refractivity contribution in [2.75, 3.05) is 6.54 Å². The molecule has 98 valence electrons. The van der Waals surface area contributed by atoms with Crippen LogP contribution in [0.3, 0.4) is 0 Å². The van der Waals surface area contributed by atoms with E-state index in [0.29, 0.717) is 12.1 Å². The molecule has 1 saturated heterocycles. The molecule has 1 heterocycles. The van der Waals surface area contributed by atoms with Crippen molar-refractivity contribution in [1.82, 2.24) is 5.32 Å². The van der Waals surface area contributed by atoms with E-state index in [0.717, 1.165) is 16.8 Å². The number of nitrogens with one attached hydrogen (secondary N) is 1. The van der Waals surface area contributed by atoms with Gasteiger partial charge in [0.05, 0.1) is 6.10 Å². The molecule has 18 heavy (non-hydrogen) atoms. The van der Waals surface area contributed by atoms with Gasteiger partial charge >= 0.3 is 0 Å². The number of benzene rings is 1. The molecule has 0 spiro atoms. The predicted octanol–water partition coefficient (Wildman–Crippen LogP) is 4.20. The molecule has 1 unspecified atom stereocenters. The topological polar surface area (TPSA) is 21.3 Å². The first-order valence-corrected chi connectivity index (χ1v) is 7.82. The number of halogens is 1. The van der Waals surface area contributed by atoms with Gasteiger partial charge in [0.1, 0.15) is 5.75 Å². The molecule has 1 aliphatic heterocycles. The molecule has 0 amide bonds. The Kier molecular flexibility index (Phi) is 3.90. The molecule has 1 saturated carbocycles. The zero-order chi connectivity index (χ0) is 12.4. The molecule has 3 rings (SSSR count). The molecule has 0 bridgehead atoms. The lowest BCUT2D eigenvalue weighted by molar-refractivity contribution is 0.118. The van der Waals surface area contributed by atoms with Crippen molar-refractivity contribution in [2.24, 2.45) is 0 Å². The highest BCUT2D eigenvalue weighted by Gasteiger charge is 2.23. The third-order valence-corrected chi connectivity index (χ3v) is 4.50. The molecule has 0 aromatic heterocycles. The summed E-state index contributed by atoms with van der Waals surface area (Å²) in [6.45, 7) is 1.13. The lowest BCUT2D eigenvalue weighted by Gasteiger charge is -2.30. The number of hydrogen-bond acceptors (Lipinski definition) is 2. The minimum Gasteiger partial charge on any atom is -0.490 e. The van der Waals surface area contributed by atoms with E-state index in [4.69, 9.17) is 4.74 Å². The zero-order valence-electron chi connectivity index (χ0n) is 10.6. The lowest BCUT2D eigenvalue weighted by Crippen LogP contribution is -2.29. The van der Waals surface area contributed by atoms with Gasteiger partial charge in [-0.05, 0) is 56.8 Å². The first kappa shape index (κ1) is 12.5. The summed E-state index contributed by atoms with van der Waals surface area (Å²) >= 11 is 3.58. The van der Waals surface area contributed by atoms with E-state index in [1.165, 1.54) is 44.1 Å². The molecular weight excluding hydrogens is 290 g/mol. The quantitative estimate of drug-likeness (QED) is 0.903. The number of piperidine rings is 1. The molecule has 1 aliphatic carbocycles. The van der Waals surface area contributed by atoms with Gasteiger partial charge in [-0.2, -0.15) is 0 Å². The highest BCUT2D eigenvalue weighted by Crippen LogP contribution is 2.35. The zero-order valence-corrected chi connectivity index (χ0v) is 12.2. The average molecular weight is 310 g/mol. The molecule has 2 nitrogen and oxygen atoms in total. The fourth-order valence-electron chi connectivity index (χ4n) is 2.68. The normalized spacial score (nSPS) is 24.6. The summed E-state index contributed by atoms with van der Waals surface area (Å²) in [6, 6.07) is 6.89. The molecular formula is C15H20BrNO. The maximum atomic E-state index is 6.13. The second-order valence-electron chi connectivity index (χ2n) is 5.36. The summed E-state index contributed by atoms with van der Waals surface area (Å²) in [5.74, 6) is 1.09. The highest BCUT2D eigenvalue weighted by atomic mass is 79.9. The van der Waals surface area contributed by atoms with Gasteiger partial charge in [0.15, 0.2) is 0 Å². The molecule has 1 atom stereocenters. The number of rotatable bonds is 3. The van der Waals surface area contributed by atoms with Gasteiger partial charge in [0.2, 0.25) is 0 Å². The van der Waals surface area contributed by atoms with E-state index in [2.05, 4.69) is 39.4 Å². The van der Waals surface area contributed by atoms with Crippen molar-refractivity contribution in [1.29, 1.82) is 0 Å². The Morgan fingerprint density at radius 3 is 2.67 bits per heavy atom. The van der Waals surface area contributed by atoms with E-state index < -0.39 is 0 Å². The molecule has 1 N–H and O–H groups in total. The van der Waals surface area contributed by atoms with E-state index in [1.807, 2.05) is 0 Å². The van der Waals surface area contributed by atoms with Crippen molar-refractivity contribution in [3.63, 3.8) is 0 Å². The predicted molar refractivity (Wildman–Crippen MR) is 77.0 cm³/mol. The largest absolute Gasteiger partial charge is 0.490 e. The summed E-state index contributed by atoms with van der Waals surface area (Å²) in [5.41, 5.74) is 1.33. The van der Waals surface area contributed by atoms with Crippen molar-refractivity contribution in [3.8, 4) is 5.75 Å².